The molecule has 0 radical (unpaired) electrons. The summed E-state index contributed by atoms with van der Waals surface area (Å²) in [5.74, 6) is -0.739. The number of piperidine rings is 1. The number of benzene rings is 2. The van der Waals surface area contributed by atoms with E-state index >= 15 is 0 Å². The van der Waals surface area contributed by atoms with Gasteiger partial charge in [-0.25, -0.2) is 9.59 Å². The van der Waals surface area contributed by atoms with Crippen LogP contribution in [0.2, 0.25) is 0 Å². The van der Waals surface area contributed by atoms with Crippen LogP contribution in [0.4, 0.5) is 4.79 Å². The summed E-state index contributed by atoms with van der Waals surface area (Å²) in [6.07, 6.45) is 2.29. The Kier molecular flexibility index (Phi) is 7.97. The van der Waals surface area contributed by atoms with Gasteiger partial charge < -0.3 is 19.7 Å². The summed E-state index contributed by atoms with van der Waals surface area (Å²) < 4.78 is 11.7. The minimum absolute atomic E-state index is 0.0750. The molecule has 3 aliphatic rings. The van der Waals surface area contributed by atoms with Crippen molar-refractivity contribution in [1.29, 1.82) is 0 Å². The SMILES string of the molecule is O=CNC1C(=O)N2C(C(=O)OC(c3ccccc3)c3ccccc3)=C(COC(=O)N3CCCCC3)CS[C@@H]12. The molecular formula is C28H29N3O6S. The van der Waals surface area contributed by atoms with Gasteiger partial charge >= 0.3 is 12.1 Å². The molecule has 10 heteroatoms. The molecule has 198 valence electrons. The highest BCUT2D eigenvalue weighted by Gasteiger charge is 2.54. The first kappa shape index (κ1) is 25.8. The van der Waals surface area contributed by atoms with Gasteiger partial charge in [0.25, 0.3) is 5.91 Å². The predicted molar refractivity (Wildman–Crippen MR) is 141 cm³/mol. The summed E-state index contributed by atoms with van der Waals surface area (Å²) in [6.45, 7) is 1.16. The Bertz CT molecular complexity index is 1180. The number of carbonyl (C=O) groups is 4. The van der Waals surface area contributed by atoms with Gasteiger partial charge in [0.05, 0.1) is 0 Å². The normalized spacial score (nSPS) is 20.9. The lowest BCUT2D eigenvalue weighted by Gasteiger charge is -2.49. The molecule has 0 aliphatic carbocycles. The molecule has 3 heterocycles. The topological polar surface area (TPSA) is 105 Å². The summed E-state index contributed by atoms with van der Waals surface area (Å²) >= 11 is 1.41. The third-order valence-electron chi connectivity index (χ3n) is 6.90. The Labute approximate surface area is 225 Å². The van der Waals surface area contributed by atoms with E-state index < -0.39 is 35.5 Å². The van der Waals surface area contributed by atoms with Crippen molar-refractivity contribution >= 4 is 36.1 Å². The van der Waals surface area contributed by atoms with E-state index in [1.54, 1.807) is 4.90 Å². The number of likely N-dealkylation sites (tertiary alicyclic amines) is 1. The van der Waals surface area contributed by atoms with Gasteiger partial charge in [-0.3, -0.25) is 14.5 Å². The molecule has 3 aliphatic heterocycles. The molecule has 0 spiro atoms. The molecule has 0 saturated carbocycles. The minimum Gasteiger partial charge on any atom is -0.448 e. The lowest BCUT2D eigenvalue weighted by Crippen LogP contribution is -2.69. The molecule has 2 saturated heterocycles. The van der Waals surface area contributed by atoms with E-state index in [1.165, 1.54) is 16.7 Å². The standard InChI is InChI=1S/C28H29N3O6S/c32-18-29-22-25(33)31-23(21(17-38-26(22)31)16-36-28(35)30-14-8-3-9-15-30)27(34)37-24(19-10-4-1-5-11-19)20-12-6-2-7-13-20/h1-2,4-7,10-13,18,22,24,26H,3,8-9,14-17H2,(H,29,32)/t22?,26-/m0/s1. The zero-order chi connectivity index (χ0) is 26.5. The lowest BCUT2D eigenvalue weighted by molar-refractivity contribution is -0.154. The summed E-state index contributed by atoms with van der Waals surface area (Å²) in [6, 6.07) is 18.0. The van der Waals surface area contributed by atoms with Crippen LogP contribution in [-0.2, 0) is 23.9 Å². The molecule has 38 heavy (non-hydrogen) atoms. The number of amides is 3. The fourth-order valence-electron chi connectivity index (χ4n) is 4.94. The average Bonchev–Trinajstić information content (AvgIpc) is 2.98. The maximum atomic E-state index is 13.8. The third kappa shape index (κ3) is 5.26. The van der Waals surface area contributed by atoms with E-state index in [0.717, 1.165) is 30.4 Å². The van der Waals surface area contributed by atoms with Gasteiger partial charge in [0.1, 0.15) is 23.7 Å². The van der Waals surface area contributed by atoms with Crippen molar-refractivity contribution in [2.24, 2.45) is 0 Å². The summed E-state index contributed by atoms with van der Waals surface area (Å²) in [5, 5.41) is 2.09. The van der Waals surface area contributed by atoms with E-state index in [-0.39, 0.29) is 12.3 Å². The van der Waals surface area contributed by atoms with Crippen molar-refractivity contribution in [2.75, 3.05) is 25.4 Å². The van der Waals surface area contributed by atoms with Gasteiger partial charge in [0.15, 0.2) is 6.10 Å². The van der Waals surface area contributed by atoms with Crippen molar-refractivity contribution in [3.63, 3.8) is 0 Å². The number of rotatable bonds is 8. The Hall–Kier alpha value is -3.79. The van der Waals surface area contributed by atoms with Crippen molar-refractivity contribution < 1.29 is 28.7 Å². The summed E-state index contributed by atoms with van der Waals surface area (Å²) in [4.78, 5) is 53.5. The number of β-lactam (4-membered cyclic amide) rings is 1. The van der Waals surface area contributed by atoms with E-state index in [9.17, 15) is 19.2 Å². The fraction of sp³-hybridized carbons (Fsp3) is 0.357. The van der Waals surface area contributed by atoms with Gasteiger partial charge in [0.2, 0.25) is 6.41 Å². The van der Waals surface area contributed by atoms with Gasteiger partial charge in [-0.15, -0.1) is 11.8 Å². The zero-order valence-corrected chi connectivity index (χ0v) is 21.6. The number of carbonyl (C=O) groups excluding carboxylic acids is 4. The van der Waals surface area contributed by atoms with Gasteiger partial charge in [-0.05, 0) is 30.4 Å². The maximum absolute atomic E-state index is 13.8. The number of hydrogen-bond acceptors (Lipinski definition) is 7. The molecule has 1 N–H and O–H groups in total. The number of esters is 1. The number of fused-ring (bicyclic) bond motifs is 1. The number of ether oxygens (including phenoxy) is 2. The molecule has 9 nitrogen and oxygen atoms in total. The first-order valence-corrected chi connectivity index (χ1v) is 13.7. The van der Waals surface area contributed by atoms with Crippen LogP contribution in [0.15, 0.2) is 71.9 Å². The van der Waals surface area contributed by atoms with Gasteiger partial charge in [-0.1, -0.05) is 60.7 Å². The first-order chi connectivity index (χ1) is 18.6. The first-order valence-electron chi connectivity index (χ1n) is 12.7. The van der Waals surface area contributed by atoms with Crippen LogP contribution in [0.25, 0.3) is 0 Å². The Balaban J connectivity index is 1.43. The highest BCUT2D eigenvalue weighted by atomic mass is 32.2. The zero-order valence-electron chi connectivity index (χ0n) is 20.8. The number of nitrogens with zero attached hydrogens (tertiary/aromatic N) is 2. The van der Waals surface area contributed by atoms with Crippen LogP contribution >= 0.6 is 11.8 Å². The van der Waals surface area contributed by atoms with E-state index in [1.807, 2.05) is 60.7 Å². The maximum Gasteiger partial charge on any atom is 0.410 e. The van der Waals surface area contributed by atoms with Crippen LogP contribution in [0, 0.1) is 0 Å². The smallest absolute Gasteiger partial charge is 0.410 e. The number of hydrogen-bond donors (Lipinski definition) is 1. The van der Waals surface area contributed by atoms with E-state index in [4.69, 9.17) is 9.47 Å². The summed E-state index contributed by atoms with van der Waals surface area (Å²) in [5.41, 5.74) is 2.14. The monoisotopic (exact) mass is 535 g/mol. The van der Waals surface area contributed by atoms with Crippen LogP contribution in [0.1, 0.15) is 36.5 Å². The Morgan fingerprint density at radius 3 is 2.24 bits per heavy atom. The molecule has 2 fully saturated rings. The van der Waals surface area contributed by atoms with Gasteiger partial charge in [0, 0.05) is 24.4 Å². The molecule has 1 unspecified atom stereocenters. The van der Waals surface area contributed by atoms with Crippen LogP contribution in [-0.4, -0.2) is 71.0 Å². The molecule has 2 aromatic rings. The predicted octanol–water partition coefficient (Wildman–Crippen LogP) is 3.23. The summed E-state index contributed by atoms with van der Waals surface area (Å²) in [7, 11) is 0. The lowest BCUT2D eigenvalue weighted by atomic mass is 10.0. The highest BCUT2D eigenvalue weighted by molar-refractivity contribution is 8.00. The molecule has 5 rings (SSSR count). The second kappa shape index (κ2) is 11.7. The minimum atomic E-state index is -0.725. The second-order valence-corrected chi connectivity index (χ2v) is 10.4. The Morgan fingerprint density at radius 1 is 1.00 bits per heavy atom. The van der Waals surface area contributed by atoms with Crippen LogP contribution in [0.3, 0.4) is 0 Å². The van der Waals surface area contributed by atoms with Crippen molar-refractivity contribution in [3.8, 4) is 0 Å². The molecule has 0 bridgehead atoms. The largest absolute Gasteiger partial charge is 0.448 e. The highest BCUT2D eigenvalue weighted by Crippen LogP contribution is 2.41. The van der Waals surface area contributed by atoms with Crippen LogP contribution in [0.5, 0.6) is 0 Å². The number of nitrogens with one attached hydrogen (secondary N) is 1. The average molecular weight is 536 g/mol. The molecular weight excluding hydrogens is 506 g/mol. The molecule has 0 aromatic heterocycles. The van der Waals surface area contributed by atoms with Crippen molar-refractivity contribution in [2.45, 2.75) is 36.8 Å². The number of thioether (sulfide) groups is 1. The second-order valence-electron chi connectivity index (χ2n) is 9.33. The molecule has 2 atom stereocenters. The third-order valence-corrected chi connectivity index (χ3v) is 8.24. The quantitative estimate of drug-likeness (QED) is 0.314. The van der Waals surface area contributed by atoms with Gasteiger partial charge in [-0.2, -0.15) is 0 Å². The van der Waals surface area contributed by atoms with Crippen LogP contribution < -0.4 is 5.32 Å². The Morgan fingerprint density at radius 2 is 1.63 bits per heavy atom. The van der Waals surface area contributed by atoms with Crippen molar-refractivity contribution in [1.82, 2.24) is 15.1 Å². The van der Waals surface area contributed by atoms with E-state index in [2.05, 4.69) is 5.32 Å². The van der Waals surface area contributed by atoms with E-state index in [0.29, 0.717) is 30.8 Å². The molecule has 2 aromatic carbocycles. The van der Waals surface area contributed by atoms with Crippen molar-refractivity contribution in [3.05, 3.63) is 83.1 Å². The molecule has 3 amide bonds. The fourth-order valence-corrected chi connectivity index (χ4v) is 6.28.